The predicted octanol–water partition coefficient (Wildman–Crippen LogP) is 2.41. The topological polar surface area (TPSA) is 58.4 Å². The van der Waals surface area contributed by atoms with E-state index in [1.54, 1.807) is 4.90 Å². The molecule has 5 rings (SSSR count). The van der Waals surface area contributed by atoms with Gasteiger partial charge in [0.1, 0.15) is 11.5 Å². The number of nitrogens with zero attached hydrogens (tertiary/aromatic N) is 3. The van der Waals surface area contributed by atoms with Gasteiger partial charge in [-0.05, 0) is 43.7 Å². The lowest BCUT2D eigenvalue weighted by atomic mass is 10.1. The molecule has 2 heterocycles. The van der Waals surface area contributed by atoms with Gasteiger partial charge in [-0.1, -0.05) is 0 Å². The van der Waals surface area contributed by atoms with Gasteiger partial charge < -0.3 is 10.0 Å². The lowest BCUT2D eigenvalue weighted by Gasteiger charge is -2.29. The molecule has 0 radical (unpaired) electrons. The lowest BCUT2D eigenvalue weighted by molar-refractivity contribution is 0.0540. The summed E-state index contributed by atoms with van der Waals surface area (Å²) in [5.74, 6) is -0.656. The largest absolute Gasteiger partial charge is 0.393 e. The highest BCUT2D eigenvalue weighted by molar-refractivity contribution is 5.94. The van der Waals surface area contributed by atoms with E-state index < -0.39 is 11.6 Å². The molecule has 1 saturated heterocycles. The Morgan fingerprint density at radius 2 is 2.00 bits per heavy atom. The number of amides is 1. The molecule has 2 aliphatic carbocycles. The first-order chi connectivity index (χ1) is 12.5. The Kier molecular flexibility index (Phi) is 3.44. The molecule has 7 heteroatoms. The third-order valence-corrected chi connectivity index (χ3v) is 5.86. The van der Waals surface area contributed by atoms with E-state index in [1.165, 1.54) is 16.8 Å². The first kappa shape index (κ1) is 15.9. The van der Waals surface area contributed by atoms with E-state index in [-0.39, 0.29) is 17.7 Å². The van der Waals surface area contributed by atoms with Crippen LogP contribution in [0.5, 0.6) is 0 Å². The molecule has 136 valence electrons. The number of carbonyl (C=O) groups excluding carboxylic acids is 1. The highest BCUT2D eigenvalue weighted by Gasteiger charge is 2.50. The van der Waals surface area contributed by atoms with Crippen LogP contribution in [0.2, 0.25) is 0 Å². The summed E-state index contributed by atoms with van der Waals surface area (Å²) in [5, 5.41) is 14.1. The van der Waals surface area contributed by atoms with Crippen LogP contribution in [0.25, 0.3) is 5.69 Å². The highest BCUT2D eigenvalue weighted by Crippen LogP contribution is 2.57. The summed E-state index contributed by atoms with van der Waals surface area (Å²) < 4.78 is 29.1. The molecule has 0 bridgehead atoms. The molecule has 2 fully saturated rings. The Morgan fingerprint density at radius 3 is 2.73 bits per heavy atom. The quantitative estimate of drug-likeness (QED) is 0.896. The first-order valence-corrected chi connectivity index (χ1v) is 9.07. The zero-order valence-corrected chi connectivity index (χ0v) is 14.2. The molecule has 1 N–H and O–H groups in total. The second kappa shape index (κ2) is 5.61. The number of rotatable bonds is 2. The van der Waals surface area contributed by atoms with Crippen molar-refractivity contribution >= 4 is 5.91 Å². The van der Waals surface area contributed by atoms with Crippen LogP contribution in [0.1, 0.15) is 46.9 Å². The standard InChI is InChI=1S/C19H19F2N3O2/c20-11-1-2-16(15(21)9-11)24-18-13-7-10(13)8-14(18)17(22-24)19(26)23-5-3-12(25)4-6-23/h1-2,9-10,12-13,25H,3-8H2/t10-,13-/m1/s1. The second-order valence-corrected chi connectivity index (χ2v) is 7.55. The highest BCUT2D eigenvalue weighted by atomic mass is 19.1. The molecule has 26 heavy (non-hydrogen) atoms. The van der Waals surface area contributed by atoms with Crippen molar-refractivity contribution in [2.75, 3.05) is 13.1 Å². The number of aliphatic hydroxyl groups excluding tert-OH is 1. The fraction of sp³-hybridized carbons (Fsp3) is 0.474. The van der Waals surface area contributed by atoms with Gasteiger partial charge in [0.15, 0.2) is 11.5 Å². The summed E-state index contributed by atoms with van der Waals surface area (Å²) >= 11 is 0. The normalized spacial score (nSPS) is 24.5. The molecule has 1 saturated carbocycles. The Labute approximate surface area is 149 Å². The maximum Gasteiger partial charge on any atom is 0.274 e. The maximum absolute atomic E-state index is 14.3. The zero-order chi connectivity index (χ0) is 18.0. The summed E-state index contributed by atoms with van der Waals surface area (Å²) in [5.41, 5.74) is 2.38. The maximum atomic E-state index is 14.3. The molecule has 1 aromatic heterocycles. The SMILES string of the molecule is O=C(c1nn(-c2ccc(F)cc2F)c2c1C[C@H]1C[C@@H]21)N1CCC(O)CC1. The summed E-state index contributed by atoms with van der Waals surface area (Å²) in [6.45, 7) is 0.999. The van der Waals surface area contributed by atoms with E-state index in [0.717, 1.165) is 30.2 Å². The van der Waals surface area contributed by atoms with Crippen molar-refractivity contribution in [3.63, 3.8) is 0 Å². The van der Waals surface area contributed by atoms with E-state index in [9.17, 15) is 18.7 Å². The van der Waals surface area contributed by atoms with Gasteiger partial charge in [0.05, 0.1) is 11.8 Å². The second-order valence-electron chi connectivity index (χ2n) is 7.55. The fourth-order valence-electron chi connectivity index (χ4n) is 4.34. The summed E-state index contributed by atoms with van der Waals surface area (Å²) in [4.78, 5) is 14.7. The van der Waals surface area contributed by atoms with E-state index in [4.69, 9.17) is 0 Å². The minimum absolute atomic E-state index is 0.157. The van der Waals surface area contributed by atoms with Crippen LogP contribution in [0.4, 0.5) is 8.78 Å². The minimum atomic E-state index is -0.681. The number of hydrogen-bond acceptors (Lipinski definition) is 3. The molecule has 0 unspecified atom stereocenters. The number of carbonyl (C=O) groups is 1. The van der Waals surface area contributed by atoms with Gasteiger partial charge in [0.2, 0.25) is 0 Å². The Hall–Kier alpha value is -2.28. The van der Waals surface area contributed by atoms with Crippen LogP contribution >= 0.6 is 0 Å². The number of fused-ring (bicyclic) bond motifs is 3. The molecule has 1 amide bonds. The average Bonchev–Trinajstić information content (AvgIpc) is 3.12. The van der Waals surface area contributed by atoms with Crippen LogP contribution in [0.15, 0.2) is 18.2 Å². The molecule has 2 aromatic rings. The van der Waals surface area contributed by atoms with Crippen LogP contribution in [-0.2, 0) is 6.42 Å². The monoisotopic (exact) mass is 359 g/mol. The van der Waals surface area contributed by atoms with Gasteiger partial charge in [0, 0.05) is 30.6 Å². The average molecular weight is 359 g/mol. The van der Waals surface area contributed by atoms with E-state index in [1.807, 2.05) is 0 Å². The van der Waals surface area contributed by atoms with Gasteiger partial charge >= 0.3 is 0 Å². The Morgan fingerprint density at radius 1 is 1.23 bits per heavy atom. The smallest absolute Gasteiger partial charge is 0.274 e. The van der Waals surface area contributed by atoms with Crippen molar-refractivity contribution in [2.24, 2.45) is 5.92 Å². The predicted molar refractivity (Wildman–Crippen MR) is 89.2 cm³/mol. The van der Waals surface area contributed by atoms with Crippen molar-refractivity contribution in [1.82, 2.24) is 14.7 Å². The number of aromatic nitrogens is 2. The summed E-state index contributed by atoms with van der Waals surface area (Å²) in [6.07, 6.45) is 2.59. The van der Waals surface area contributed by atoms with Crippen molar-refractivity contribution in [3.8, 4) is 5.69 Å². The Balaban J connectivity index is 1.56. The molecule has 2 atom stereocenters. The molecule has 3 aliphatic rings. The van der Waals surface area contributed by atoms with E-state index in [0.29, 0.717) is 43.5 Å². The molecule has 1 aromatic carbocycles. The Bertz CT molecular complexity index is 902. The first-order valence-electron chi connectivity index (χ1n) is 9.07. The van der Waals surface area contributed by atoms with Crippen molar-refractivity contribution < 1.29 is 18.7 Å². The molecular formula is C19H19F2N3O2. The van der Waals surface area contributed by atoms with Gasteiger partial charge in [-0.25, -0.2) is 13.5 Å². The van der Waals surface area contributed by atoms with Crippen molar-refractivity contribution in [3.05, 3.63) is 46.8 Å². The van der Waals surface area contributed by atoms with Crippen LogP contribution < -0.4 is 0 Å². The molecular weight excluding hydrogens is 340 g/mol. The van der Waals surface area contributed by atoms with Gasteiger partial charge in [-0.2, -0.15) is 5.10 Å². The fourth-order valence-corrected chi connectivity index (χ4v) is 4.34. The number of aliphatic hydroxyl groups is 1. The van der Waals surface area contributed by atoms with Crippen molar-refractivity contribution in [1.29, 1.82) is 0 Å². The number of benzene rings is 1. The number of halogens is 2. The summed E-state index contributed by atoms with van der Waals surface area (Å²) in [6, 6.07) is 3.43. The van der Waals surface area contributed by atoms with Crippen LogP contribution in [0.3, 0.4) is 0 Å². The third-order valence-electron chi connectivity index (χ3n) is 5.86. The van der Waals surface area contributed by atoms with Crippen molar-refractivity contribution in [2.45, 2.75) is 37.7 Å². The van der Waals surface area contributed by atoms with Gasteiger partial charge in [-0.3, -0.25) is 4.79 Å². The lowest BCUT2D eigenvalue weighted by Crippen LogP contribution is -2.40. The molecule has 5 nitrogen and oxygen atoms in total. The minimum Gasteiger partial charge on any atom is -0.393 e. The number of hydrogen-bond donors (Lipinski definition) is 1. The number of likely N-dealkylation sites (tertiary alicyclic amines) is 1. The summed E-state index contributed by atoms with van der Waals surface area (Å²) in [7, 11) is 0. The third kappa shape index (κ3) is 2.37. The van der Waals surface area contributed by atoms with E-state index >= 15 is 0 Å². The van der Waals surface area contributed by atoms with Gasteiger partial charge in [0.25, 0.3) is 5.91 Å². The van der Waals surface area contributed by atoms with Gasteiger partial charge in [-0.15, -0.1) is 0 Å². The molecule has 0 spiro atoms. The van der Waals surface area contributed by atoms with E-state index in [2.05, 4.69) is 5.10 Å². The zero-order valence-electron chi connectivity index (χ0n) is 14.2. The molecule has 1 aliphatic heterocycles. The number of piperidine rings is 1. The van der Waals surface area contributed by atoms with Crippen LogP contribution in [-0.4, -0.2) is 44.9 Å². The van der Waals surface area contributed by atoms with Crippen LogP contribution in [0, 0.1) is 17.6 Å².